The van der Waals surface area contributed by atoms with Crippen LogP contribution >= 0.6 is 0 Å². The highest BCUT2D eigenvalue weighted by atomic mass is 16.5. The number of carbonyl (C=O) groups is 1. The lowest BCUT2D eigenvalue weighted by molar-refractivity contribution is -0.116. The Bertz CT molecular complexity index is 597. The number of hydrogen-bond acceptors (Lipinski definition) is 4. The Labute approximate surface area is 123 Å². The number of aromatic nitrogens is 1. The van der Waals surface area contributed by atoms with Crippen molar-refractivity contribution in [2.24, 2.45) is 0 Å². The van der Waals surface area contributed by atoms with E-state index in [0.717, 1.165) is 5.56 Å². The molecule has 0 saturated heterocycles. The molecule has 1 aromatic heterocycles. The number of carbonyl (C=O) groups excluding carboxylic acids is 1. The molecule has 0 spiro atoms. The Hall–Kier alpha value is -2.56. The number of aryl methyl sites for hydroxylation is 1. The molecule has 0 saturated carbocycles. The largest absolute Gasteiger partial charge is 0.493 e. The van der Waals surface area contributed by atoms with Crippen molar-refractivity contribution in [1.82, 2.24) is 4.98 Å². The molecule has 0 bridgehead atoms. The number of rotatable bonds is 6. The van der Waals surface area contributed by atoms with Gasteiger partial charge >= 0.3 is 0 Å². The van der Waals surface area contributed by atoms with Gasteiger partial charge in [-0.15, -0.1) is 0 Å². The number of pyridine rings is 1. The maximum absolute atomic E-state index is 11.8. The molecular weight excluding hydrogens is 268 g/mol. The van der Waals surface area contributed by atoms with E-state index in [1.54, 1.807) is 25.4 Å². The molecule has 1 heterocycles. The van der Waals surface area contributed by atoms with Crippen LogP contribution in [0.2, 0.25) is 0 Å². The lowest BCUT2D eigenvalue weighted by atomic mass is 10.3. The quantitative estimate of drug-likeness (QED) is 0.887. The molecule has 110 valence electrons. The van der Waals surface area contributed by atoms with Gasteiger partial charge in [-0.1, -0.05) is 18.2 Å². The van der Waals surface area contributed by atoms with E-state index in [2.05, 4.69) is 10.3 Å². The molecule has 0 radical (unpaired) electrons. The first-order valence-electron chi connectivity index (χ1n) is 6.67. The molecule has 1 amide bonds. The summed E-state index contributed by atoms with van der Waals surface area (Å²) in [6.45, 7) is 2.22. The number of nitrogens with zero attached hydrogens (tertiary/aromatic N) is 1. The fourth-order valence-corrected chi connectivity index (χ4v) is 1.74. The highest BCUT2D eigenvalue weighted by Gasteiger charge is 2.06. The van der Waals surface area contributed by atoms with Gasteiger partial charge in [0.05, 0.1) is 20.1 Å². The van der Waals surface area contributed by atoms with Crippen LogP contribution < -0.4 is 14.8 Å². The topological polar surface area (TPSA) is 60.5 Å². The number of benzene rings is 1. The molecule has 2 rings (SSSR count). The minimum atomic E-state index is -0.138. The molecule has 0 fully saturated rings. The minimum absolute atomic E-state index is 0.138. The van der Waals surface area contributed by atoms with Crippen molar-refractivity contribution in [2.75, 3.05) is 19.0 Å². The SMILES string of the molecule is COc1ccccc1OCCC(=O)Nc1ccc(C)cn1. The fraction of sp³-hybridized carbons (Fsp3) is 0.250. The van der Waals surface area contributed by atoms with Crippen LogP contribution in [0.15, 0.2) is 42.6 Å². The highest BCUT2D eigenvalue weighted by Crippen LogP contribution is 2.25. The highest BCUT2D eigenvalue weighted by molar-refractivity contribution is 5.89. The van der Waals surface area contributed by atoms with Crippen molar-refractivity contribution in [3.05, 3.63) is 48.2 Å². The van der Waals surface area contributed by atoms with Gasteiger partial charge < -0.3 is 14.8 Å². The molecule has 0 aliphatic rings. The van der Waals surface area contributed by atoms with E-state index in [4.69, 9.17) is 9.47 Å². The second-order valence-electron chi connectivity index (χ2n) is 4.52. The molecule has 0 aliphatic heterocycles. The molecule has 1 aromatic carbocycles. The van der Waals surface area contributed by atoms with Crippen LogP contribution in [0.5, 0.6) is 11.5 Å². The van der Waals surface area contributed by atoms with E-state index in [-0.39, 0.29) is 18.9 Å². The first kappa shape index (κ1) is 14.8. The smallest absolute Gasteiger partial charge is 0.228 e. The number of amides is 1. The Morgan fingerprint density at radius 3 is 2.62 bits per heavy atom. The fourth-order valence-electron chi connectivity index (χ4n) is 1.74. The van der Waals surface area contributed by atoms with Crippen molar-refractivity contribution in [3.8, 4) is 11.5 Å². The van der Waals surface area contributed by atoms with Crippen LogP contribution in [0.4, 0.5) is 5.82 Å². The molecule has 21 heavy (non-hydrogen) atoms. The number of para-hydroxylation sites is 2. The van der Waals surface area contributed by atoms with Crippen molar-refractivity contribution < 1.29 is 14.3 Å². The summed E-state index contributed by atoms with van der Waals surface area (Å²) in [4.78, 5) is 15.9. The number of ether oxygens (including phenoxy) is 2. The number of hydrogen-bond donors (Lipinski definition) is 1. The zero-order valence-electron chi connectivity index (χ0n) is 12.1. The van der Waals surface area contributed by atoms with Gasteiger partial charge in [0, 0.05) is 6.20 Å². The third-order valence-electron chi connectivity index (χ3n) is 2.83. The Morgan fingerprint density at radius 2 is 1.95 bits per heavy atom. The van der Waals surface area contributed by atoms with Crippen LogP contribution in [0, 0.1) is 6.92 Å². The standard InChI is InChI=1S/C16H18N2O3/c1-12-7-8-15(17-11-12)18-16(19)9-10-21-14-6-4-3-5-13(14)20-2/h3-8,11H,9-10H2,1-2H3,(H,17,18,19). The van der Waals surface area contributed by atoms with E-state index >= 15 is 0 Å². The molecule has 2 aromatic rings. The normalized spacial score (nSPS) is 10.0. The van der Waals surface area contributed by atoms with Crippen molar-refractivity contribution >= 4 is 11.7 Å². The van der Waals surface area contributed by atoms with Gasteiger partial charge in [0.25, 0.3) is 0 Å². The summed E-state index contributed by atoms with van der Waals surface area (Å²) in [5.74, 6) is 1.68. The summed E-state index contributed by atoms with van der Waals surface area (Å²) in [6, 6.07) is 11.0. The van der Waals surface area contributed by atoms with E-state index < -0.39 is 0 Å². The first-order valence-corrected chi connectivity index (χ1v) is 6.67. The Kier molecular flexibility index (Phi) is 5.15. The molecule has 0 atom stereocenters. The average Bonchev–Trinajstić information content (AvgIpc) is 2.50. The van der Waals surface area contributed by atoms with E-state index in [1.165, 1.54) is 0 Å². The third kappa shape index (κ3) is 4.49. The van der Waals surface area contributed by atoms with Gasteiger partial charge in [-0.3, -0.25) is 4.79 Å². The average molecular weight is 286 g/mol. The van der Waals surface area contributed by atoms with Crippen LogP contribution in [-0.2, 0) is 4.79 Å². The van der Waals surface area contributed by atoms with Crippen LogP contribution in [0.25, 0.3) is 0 Å². The Morgan fingerprint density at radius 1 is 1.19 bits per heavy atom. The first-order chi connectivity index (χ1) is 10.2. The maximum Gasteiger partial charge on any atom is 0.228 e. The van der Waals surface area contributed by atoms with Crippen LogP contribution in [0.1, 0.15) is 12.0 Å². The summed E-state index contributed by atoms with van der Waals surface area (Å²) in [6.07, 6.45) is 1.95. The molecule has 0 aliphatic carbocycles. The second-order valence-corrected chi connectivity index (χ2v) is 4.52. The van der Waals surface area contributed by atoms with Gasteiger partial charge in [0.2, 0.25) is 5.91 Å². The van der Waals surface area contributed by atoms with E-state index in [1.807, 2.05) is 31.2 Å². The van der Waals surface area contributed by atoms with Gasteiger partial charge in [-0.05, 0) is 30.7 Å². The molecule has 0 unspecified atom stereocenters. The number of nitrogens with one attached hydrogen (secondary N) is 1. The zero-order chi connectivity index (χ0) is 15.1. The van der Waals surface area contributed by atoms with Crippen molar-refractivity contribution in [3.63, 3.8) is 0 Å². The molecule has 1 N–H and O–H groups in total. The summed E-state index contributed by atoms with van der Waals surface area (Å²) in [5, 5.41) is 2.72. The second kappa shape index (κ2) is 7.28. The van der Waals surface area contributed by atoms with Gasteiger partial charge in [0.1, 0.15) is 5.82 Å². The van der Waals surface area contributed by atoms with Gasteiger partial charge in [-0.25, -0.2) is 4.98 Å². The number of anilines is 1. The molecular formula is C16H18N2O3. The lowest BCUT2D eigenvalue weighted by Crippen LogP contribution is -2.16. The minimum Gasteiger partial charge on any atom is -0.493 e. The Balaban J connectivity index is 1.80. The summed E-state index contributed by atoms with van der Waals surface area (Å²) in [7, 11) is 1.58. The zero-order valence-corrected chi connectivity index (χ0v) is 12.1. The predicted octanol–water partition coefficient (Wildman–Crippen LogP) is 2.81. The van der Waals surface area contributed by atoms with Crippen molar-refractivity contribution in [1.29, 1.82) is 0 Å². The number of methoxy groups -OCH3 is 1. The van der Waals surface area contributed by atoms with Crippen molar-refractivity contribution in [2.45, 2.75) is 13.3 Å². The van der Waals surface area contributed by atoms with Crippen LogP contribution in [0.3, 0.4) is 0 Å². The van der Waals surface area contributed by atoms with Gasteiger partial charge in [-0.2, -0.15) is 0 Å². The monoisotopic (exact) mass is 286 g/mol. The van der Waals surface area contributed by atoms with E-state index in [0.29, 0.717) is 17.3 Å². The summed E-state index contributed by atoms with van der Waals surface area (Å²) >= 11 is 0. The van der Waals surface area contributed by atoms with Gasteiger partial charge in [0.15, 0.2) is 11.5 Å². The summed E-state index contributed by atoms with van der Waals surface area (Å²) in [5.41, 5.74) is 1.05. The molecule has 5 nitrogen and oxygen atoms in total. The maximum atomic E-state index is 11.8. The predicted molar refractivity (Wildman–Crippen MR) is 80.7 cm³/mol. The van der Waals surface area contributed by atoms with Crippen LogP contribution in [-0.4, -0.2) is 24.6 Å². The lowest BCUT2D eigenvalue weighted by Gasteiger charge is -2.10. The molecule has 5 heteroatoms. The third-order valence-corrected chi connectivity index (χ3v) is 2.83. The van der Waals surface area contributed by atoms with E-state index in [9.17, 15) is 4.79 Å². The summed E-state index contributed by atoms with van der Waals surface area (Å²) < 4.78 is 10.7.